The number of rotatable bonds is 7. The number of aliphatic hydroxyl groups is 1. The molecule has 9 nitrogen and oxygen atoms in total. The van der Waals surface area contributed by atoms with Crippen LogP contribution in [0.15, 0.2) is 30.3 Å². The topological polar surface area (TPSA) is 122 Å². The maximum Gasteiger partial charge on any atom is 0.407 e. The third-order valence-corrected chi connectivity index (χ3v) is 3.61. The van der Waals surface area contributed by atoms with Crippen LogP contribution in [-0.2, 0) is 30.6 Å². The first kappa shape index (κ1) is 19.4. The largest absolute Gasteiger partial charge is 0.445 e. The van der Waals surface area contributed by atoms with Gasteiger partial charge in [0.05, 0.1) is 0 Å². The van der Waals surface area contributed by atoms with Crippen molar-refractivity contribution in [2.75, 3.05) is 0 Å². The zero-order valence-corrected chi connectivity index (χ0v) is 14.2. The van der Waals surface area contributed by atoms with Gasteiger partial charge >= 0.3 is 12.1 Å². The highest BCUT2D eigenvalue weighted by Gasteiger charge is 2.34. The predicted octanol–water partition coefficient (Wildman–Crippen LogP) is 0.659. The number of hydroxylamine groups is 2. The molecule has 1 aliphatic rings. The lowest BCUT2D eigenvalue weighted by Gasteiger charge is -2.19. The number of hydrogen-bond donors (Lipinski definition) is 2. The monoisotopic (exact) mass is 364 g/mol. The molecule has 1 heterocycles. The molecule has 2 atom stereocenters. The molecule has 0 radical (unpaired) electrons. The minimum absolute atomic E-state index is 0.0343. The van der Waals surface area contributed by atoms with E-state index in [1.54, 1.807) is 19.1 Å². The third-order valence-electron chi connectivity index (χ3n) is 3.61. The van der Waals surface area contributed by atoms with Crippen molar-refractivity contribution < 1.29 is 33.9 Å². The number of aliphatic hydroxyl groups excluding tert-OH is 1. The molecule has 26 heavy (non-hydrogen) atoms. The van der Waals surface area contributed by atoms with Gasteiger partial charge in [-0.3, -0.25) is 9.59 Å². The standard InChI is InChI=1S/C17H20N2O7/c1-11(18-17(24)25-10-12-5-3-2-4-6-12)9-13(20)16(23)26-19-14(21)7-8-15(19)22/h2-6,11,13,20H,7-10H2,1H3,(H,18,24). The van der Waals surface area contributed by atoms with Crippen LogP contribution in [0.1, 0.15) is 31.7 Å². The van der Waals surface area contributed by atoms with E-state index in [1.807, 2.05) is 18.2 Å². The second-order valence-electron chi connectivity index (χ2n) is 5.85. The van der Waals surface area contributed by atoms with Crippen LogP contribution in [0, 0.1) is 0 Å². The zero-order chi connectivity index (χ0) is 19.1. The van der Waals surface area contributed by atoms with Crippen LogP contribution >= 0.6 is 0 Å². The summed E-state index contributed by atoms with van der Waals surface area (Å²) in [6.07, 6.45) is -2.55. The first-order valence-corrected chi connectivity index (χ1v) is 8.09. The van der Waals surface area contributed by atoms with Gasteiger partial charge in [0.2, 0.25) is 0 Å². The number of hydrogen-bond acceptors (Lipinski definition) is 7. The van der Waals surface area contributed by atoms with Gasteiger partial charge in [-0.05, 0) is 12.5 Å². The molecular formula is C17H20N2O7. The summed E-state index contributed by atoms with van der Waals surface area (Å²) in [5.41, 5.74) is 0.818. The summed E-state index contributed by atoms with van der Waals surface area (Å²) >= 11 is 0. The van der Waals surface area contributed by atoms with Crippen LogP contribution < -0.4 is 5.32 Å². The van der Waals surface area contributed by atoms with E-state index in [-0.39, 0.29) is 25.9 Å². The molecule has 2 unspecified atom stereocenters. The fourth-order valence-electron chi connectivity index (χ4n) is 2.26. The molecule has 0 bridgehead atoms. The van der Waals surface area contributed by atoms with Crippen LogP contribution in [0.2, 0.25) is 0 Å². The maximum atomic E-state index is 11.8. The Labute approximate surface area is 149 Å². The van der Waals surface area contributed by atoms with Gasteiger partial charge in [0, 0.05) is 25.3 Å². The van der Waals surface area contributed by atoms with Crippen LogP contribution in [0.5, 0.6) is 0 Å². The van der Waals surface area contributed by atoms with E-state index in [1.165, 1.54) is 0 Å². The second kappa shape index (κ2) is 8.95. The summed E-state index contributed by atoms with van der Waals surface area (Å²) in [5, 5.41) is 12.7. The summed E-state index contributed by atoms with van der Waals surface area (Å²) in [4.78, 5) is 50.8. The normalized spacial score (nSPS) is 16.2. The highest BCUT2D eigenvalue weighted by Crippen LogP contribution is 2.13. The van der Waals surface area contributed by atoms with Crippen molar-refractivity contribution in [3.8, 4) is 0 Å². The molecule has 1 aromatic rings. The first-order valence-electron chi connectivity index (χ1n) is 8.09. The van der Waals surface area contributed by atoms with E-state index in [0.717, 1.165) is 5.56 Å². The average molecular weight is 364 g/mol. The number of amides is 3. The van der Waals surface area contributed by atoms with E-state index in [2.05, 4.69) is 10.2 Å². The molecule has 140 valence electrons. The molecule has 9 heteroatoms. The maximum absolute atomic E-state index is 11.8. The van der Waals surface area contributed by atoms with Gasteiger partial charge in [0.15, 0.2) is 6.10 Å². The van der Waals surface area contributed by atoms with Gasteiger partial charge in [-0.1, -0.05) is 30.3 Å². The van der Waals surface area contributed by atoms with E-state index in [9.17, 15) is 24.3 Å². The van der Waals surface area contributed by atoms with Crippen molar-refractivity contribution in [3.05, 3.63) is 35.9 Å². The SMILES string of the molecule is CC(CC(O)C(=O)ON1C(=O)CCC1=O)NC(=O)OCc1ccccc1. The Kier molecular flexibility index (Phi) is 6.67. The van der Waals surface area contributed by atoms with Crippen LogP contribution in [-0.4, -0.2) is 46.2 Å². The molecule has 0 saturated carbocycles. The molecule has 0 aliphatic carbocycles. The highest BCUT2D eigenvalue weighted by molar-refractivity contribution is 6.01. The van der Waals surface area contributed by atoms with Gasteiger partial charge in [-0.15, -0.1) is 5.06 Å². The fraction of sp³-hybridized carbons (Fsp3) is 0.412. The van der Waals surface area contributed by atoms with E-state index in [0.29, 0.717) is 5.06 Å². The lowest BCUT2D eigenvalue weighted by molar-refractivity contribution is -0.203. The number of imide groups is 1. The smallest absolute Gasteiger partial charge is 0.407 e. The molecule has 2 N–H and O–H groups in total. The van der Waals surface area contributed by atoms with Gasteiger partial charge in [-0.25, -0.2) is 9.59 Å². The summed E-state index contributed by atoms with van der Waals surface area (Å²) in [6.45, 7) is 1.65. The summed E-state index contributed by atoms with van der Waals surface area (Å²) < 4.78 is 5.03. The predicted molar refractivity (Wildman–Crippen MR) is 87.0 cm³/mol. The van der Waals surface area contributed by atoms with Crippen molar-refractivity contribution >= 4 is 23.9 Å². The average Bonchev–Trinajstić information content (AvgIpc) is 2.92. The van der Waals surface area contributed by atoms with E-state index < -0.39 is 36.0 Å². The minimum Gasteiger partial charge on any atom is -0.445 e. The Morgan fingerprint density at radius 2 is 1.81 bits per heavy atom. The molecule has 1 saturated heterocycles. The summed E-state index contributed by atoms with van der Waals surface area (Å²) in [6, 6.07) is 8.48. The number of alkyl carbamates (subject to hydrolysis) is 1. The number of carbonyl (C=O) groups excluding carboxylic acids is 4. The van der Waals surface area contributed by atoms with Gasteiger partial charge in [-0.2, -0.15) is 0 Å². The van der Waals surface area contributed by atoms with E-state index >= 15 is 0 Å². The van der Waals surface area contributed by atoms with Crippen molar-refractivity contribution in [2.24, 2.45) is 0 Å². The van der Waals surface area contributed by atoms with Crippen molar-refractivity contribution in [1.29, 1.82) is 0 Å². The lowest BCUT2D eigenvalue weighted by atomic mass is 10.1. The highest BCUT2D eigenvalue weighted by atomic mass is 16.7. The number of ether oxygens (including phenoxy) is 1. The summed E-state index contributed by atoms with van der Waals surface area (Å²) in [7, 11) is 0. The minimum atomic E-state index is -1.61. The van der Waals surface area contributed by atoms with Crippen LogP contribution in [0.3, 0.4) is 0 Å². The van der Waals surface area contributed by atoms with Crippen LogP contribution in [0.4, 0.5) is 4.79 Å². The number of nitrogens with zero attached hydrogens (tertiary/aromatic N) is 1. The Hall–Kier alpha value is -2.94. The van der Waals surface area contributed by atoms with Gasteiger partial charge in [0.25, 0.3) is 11.8 Å². The second-order valence-corrected chi connectivity index (χ2v) is 5.85. The molecule has 1 aliphatic heterocycles. The fourth-order valence-corrected chi connectivity index (χ4v) is 2.26. The van der Waals surface area contributed by atoms with Crippen molar-refractivity contribution in [1.82, 2.24) is 10.4 Å². The van der Waals surface area contributed by atoms with Crippen LogP contribution in [0.25, 0.3) is 0 Å². The quantitative estimate of drug-likeness (QED) is 0.681. The van der Waals surface area contributed by atoms with Crippen molar-refractivity contribution in [2.45, 2.75) is 44.9 Å². The molecule has 1 fully saturated rings. The molecule has 0 spiro atoms. The molecular weight excluding hydrogens is 344 g/mol. The molecule has 1 aromatic carbocycles. The van der Waals surface area contributed by atoms with Gasteiger partial charge < -0.3 is 20.0 Å². The number of benzene rings is 1. The molecule has 3 amide bonds. The Balaban J connectivity index is 1.72. The summed E-state index contributed by atoms with van der Waals surface area (Å²) in [5.74, 6) is -2.41. The zero-order valence-electron chi connectivity index (χ0n) is 14.2. The van der Waals surface area contributed by atoms with Gasteiger partial charge in [0.1, 0.15) is 6.61 Å². The first-order chi connectivity index (χ1) is 12.4. The van der Waals surface area contributed by atoms with E-state index in [4.69, 9.17) is 4.74 Å². The number of nitrogens with one attached hydrogen (secondary N) is 1. The molecule has 0 aromatic heterocycles. The Morgan fingerprint density at radius 1 is 1.19 bits per heavy atom. The number of carbonyl (C=O) groups is 4. The Morgan fingerprint density at radius 3 is 2.42 bits per heavy atom. The molecule has 2 rings (SSSR count). The third kappa shape index (κ3) is 5.55. The Bertz CT molecular complexity index is 661. The lowest BCUT2D eigenvalue weighted by Crippen LogP contribution is -2.41. The van der Waals surface area contributed by atoms with Crippen molar-refractivity contribution in [3.63, 3.8) is 0 Å².